The molecule has 0 aromatic carbocycles. The lowest BCUT2D eigenvalue weighted by molar-refractivity contribution is -0.145. The fourth-order valence-corrected chi connectivity index (χ4v) is 2.56. The Morgan fingerprint density at radius 2 is 1.90 bits per heavy atom. The van der Waals surface area contributed by atoms with E-state index in [1.807, 2.05) is 0 Å². The van der Waals surface area contributed by atoms with Crippen molar-refractivity contribution in [3.05, 3.63) is 0 Å². The van der Waals surface area contributed by atoms with E-state index >= 15 is 0 Å². The van der Waals surface area contributed by atoms with Crippen molar-refractivity contribution in [1.82, 2.24) is 5.32 Å². The molecule has 0 aromatic rings. The van der Waals surface area contributed by atoms with Crippen LogP contribution in [0.2, 0.25) is 0 Å². The number of carboxylic acids is 1. The van der Waals surface area contributed by atoms with E-state index in [9.17, 15) is 14.4 Å². The van der Waals surface area contributed by atoms with Crippen LogP contribution in [-0.2, 0) is 19.1 Å². The molecule has 0 saturated heterocycles. The summed E-state index contributed by atoms with van der Waals surface area (Å²) in [5, 5.41) is 11.9. The summed E-state index contributed by atoms with van der Waals surface area (Å²) in [5.41, 5.74) is 0. The number of hydrogen-bond acceptors (Lipinski definition) is 4. The Morgan fingerprint density at radius 3 is 2.55 bits per heavy atom. The highest BCUT2D eigenvalue weighted by Gasteiger charge is 2.30. The molecule has 0 heterocycles. The number of esters is 1. The van der Waals surface area contributed by atoms with Gasteiger partial charge in [0.25, 0.3) is 0 Å². The second-order valence-electron chi connectivity index (χ2n) is 5.10. The highest BCUT2D eigenvalue weighted by molar-refractivity contribution is 5.81. The molecule has 2 N–H and O–H groups in total. The average molecular weight is 285 g/mol. The molecule has 0 spiro atoms. The van der Waals surface area contributed by atoms with Crippen molar-refractivity contribution in [2.24, 2.45) is 11.8 Å². The molecule has 1 rings (SSSR count). The van der Waals surface area contributed by atoms with Crippen LogP contribution in [0.4, 0.5) is 0 Å². The van der Waals surface area contributed by atoms with Crippen LogP contribution in [0.25, 0.3) is 0 Å². The van der Waals surface area contributed by atoms with Crippen LogP contribution in [0.1, 0.15) is 45.4 Å². The van der Waals surface area contributed by atoms with Gasteiger partial charge in [0.2, 0.25) is 5.91 Å². The largest absolute Gasteiger partial charge is 0.481 e. The third-order valence-electron chi connectivity index (χ3n) is 3.65. The van der Waals surface area contributed by atoms with Crippen molar-refractivity contribution in [2.75, 3.05) is 13.2 Å². The van der Waals surface area contributed by atoms with Crippen LogP contribution >= 0.6 is 0 Å². The molecule has 2 unspecified atom stereocenters. The summed E-state index contributed by atoms with van der Waals surface area (Å²) >= 11 is 0. The van der Waals surface area contributed by atoms with Crippen molar-refractivity contribution in [1.29, 1.82) is 0 Å². The topological polar surface area (TPSA) is 92.7 Å². The van der Waals surface area contributed by atoms with Gasteiger partial charge in [0.15, 0.2) is 0 Å². The Labute approximate surface area is 118 Å². The molecule has 0 radical (unpaired) electrons. The Morgan fingerprint density at radius 1 is 1.20 bits per heavy atom. The van der Waals surface area contributed by atoms with E-state index in [0.717, 1.165) is 19.3 Å². The van der Waals surface area contributed by atoms with Gasteiger partial charge in [-0.15, -0.1) is 0 Å². The number of carbonyl (C=O) groups excluding carboxylic acids is 2. The molecule has 20 heavy (non-hydrogen) atoms. The number of amides is 1. The van der Waals surface area contributed by atoms with Crippen LogP contribution in [0.3, 0.4) is 0 Å². The van der Waals surface area contributed by atoms with Crippen molar-refractivity contribution in [3.63, 3.8) is 0 Å². The van der Waals surface area contributed by atoms with Crippen molar-refractivity contribution in [3.8, 4) is 0 Å². The second kappa shape index (κ2) is 8.55. The summed E-state index contributed by atoms with van der Waals surface area (Å²) in [5.74, 6) is -1.77. The standard InChI is InChI=1S/C14H23NO5/c1-2-20-13(17)8-7-12(16)15-9-10-5-3-4-6-11(10)14(18)19/h10-11H,2-9H2,1H3,(H,15,16)(H,18,19). The maximum Gasteiger partial charge on any atom is 0.306 e. The first-order valence-electron chi connectivity index (χ1n) is 7.19. The SMILES string of the molecule is CCOC(=O)CCC(=O)NCC1CCCCC1C(=O)O. The summed E-state index contributed by atoms with van der Waals surface area (Å²) in [6, 6.07) is 0. The van der Waals surface area contributed by atoms with Gasteiger partial charge in [0.1, 0.15) is 0 Å². The molecule has 1 saturated carbocycles. The molecule has 0 aliphatic heterocycles. The maximum absolute atomic E-state index is 11.6. The Balaban J connectivity index is 2.28. The van der Waals surface area contributed by atoms with E-state index in [-0.39, 0.29) is 36.6 Å². The minimum Gasteiger partial charge on any atom is -0.481 e. The highest BCUT2D eigenvalue weighted by atomic mass is 16.5. The quantitative estimate of drug-likeness (QED) is 0.688. The number of carbonyl (C=O) groups is 3. The van der Waals surface area contributed by atoms with E-state index in [1.54, 1.807) is 6.92 Å². The van der Waals surface area contributed by atoms with Gasteiger partial charge in [-0.2, -0.15) is 0 Å². The molecular formula is C14H23NO5. The van der Waals surface area contributed by atoms with E-state index in [1.165, 1.54) is 0 Å². The Hall–Kier alpha value is -1.59. The van der Waals surface area contributed by atoms with Crippen molar-refractivity contribution >= 4 is 17.8 Å². The third-order valence-corrected chi connectivity index (χ3v) is 3.65. The van der Waals surface area contributed by atoms with Gasteiger partial charge in [-0.1, -0.05) is 12.8 Å². The van der Waals surface area contributed by atoms with Gasteiger partial charge in [-0.05, 0) is 25.7 Å². The summed E-state index contributed by atoms with van der Waals surface area (Å²) < 4.78 is 4.74. The second-order valence-corrected chi connectivity index (χ2v) is 5.10. The lowest BCUT2D eigenvalue weighted by atomic mass is 9.79. The molecule has 1 aliphatic rings. The molecule has 6 nitrogen and oxygen atoms in total. The third kappa shape index (κ3) is 5.59. The number of carboxylic acid groups (broad SMARTS) is 1. The molecule has 6 heteroatoms. The van der Waals surface area contributed by atoms with Gasteiger partial charge in [-0.3, -0.25) is 14.4 Å². The lowest BCUT2D eigenvalue weighted by Gasteiger charge is -2.28. The van der Waals surface area contributed by atoms with E-state index in [2.05, 4.69) is 5.32 Å². The summed E-state index contributed by atoms with van der Waals surface area (Å²) in [4.78, 5) is 33.8. The van der Waals surface area contributed by atoms with E-state index < -0.39 is 5.97 Å². The molecule has 2 atom stereocenters. The minimum atomic E-state index is -0.782. The number of ether oxygens (including phenoxy) is 1. The fraction of sp³-hybridized carbons (Fsp3) is 0.786. The van der Waals surface area contributed by atoms with Gasteiger partial charge < -0.3 is 15.2 Å². The van der Waals surface area contributed by atoms with Gasteiger partial charge in [0, 0.05) is 13.0 Å². The van der Waals surface area contributed by atoms with Crippen LogP contribution < -0.4 is 5.32 Å². The molecule has 0 aromatic heterocycles. The van der Waals surface area contributed by atoms with Crippen molar-refractivity contribution in [2.45, 2.75) is 45.4 Å². The van der Waals surface area contributed by atoms with Gasteiger partial charge >= 0.3 is 11.9 Å². The number of aliphatic carboxylic acids is 1. The normalized spacial score (nSPS) is 22.1. The lowest BCUT2D eigenvalue weighted by Crippen LogP contribution is -2.37. The number of rotatable bonds is 7. The monoisotopic (exact) mass is 285 g/mol. The van der Waals surface area contributed by atoms with Gasteiger partial charge in [-0.25, -0.2) is 0 Å². The maximum atomic E-state index is 11.6. The molecule has 1 aliphatic carbocycles. The summed E-state index contributed by atoms with van der Waals surface area (Å²) in [6.07, 6.45) is 3.60. The van der Waals surface area contributed by atoms with Crippen LogP contribution in [0.15, 0.2) is 0 Å². The number of hydrogen-bond donors (Lipinski definition) is 2. The van der Waals surface area contributed by atoms with E-state index in [4.69, 9.17) is 9.84 Å². The van der Waals surface area contributed by atoms with Crippen LogP contribution in [-0.4, -0.2) is 36.1 Å². The summed E-state index contributed by atoms with van der Waals surface area (Å²) in [6.45, 7) is 2.40. The molecule has 1 fully saturated rings. The first-order chi connectivity index (χ1) is 9.54. The molecule has 1 amide bonds. The zero-order chi connectivity index (χ0) is 15.0. The highest BCUT2D eigenvalue weighted by Crippen LogP contribution is 2.29. The molecular weight excluding hydrogens is 262 g/mol. The van der Waals surface area contributed by atoms with E-state index in [0.29, 0.717) is 19.6 Å². The first kappa shape index (κ1) is 16.5. The molecule has 114 valence electrons. The van der Waals surface area contributed by atoms with Crippen LogP contribution in [0.5, 0.6) is 0 Å². The first-order valence-corrected chi connectivity index (χ1v) is 7.19. The number of nitrogens with one attached hydrogen (secondary N) is 1. The summed E-state index contributed by atoms with van der Waals surface area (Å²) in [7, 11) is 0. The fourth-order valence-electron chi connectivity index (χ4n) is 2.56. The zero-order valence-electron chi connectivity index (χ0n) is 11.9. The molecule has 0 bridgehead atoms. The predicted molar refractivity (Wildman–Crippen MR) is 72.0 cm³/mol. The predicted octanol–water partition coefficient (Wildman–Crippen LogP) is 1.34. The van der Waals surface area contributed by atoms with Crippen LogP contribution in [0, 0.1) is 11.8 Å². The Bertz CT molecular complexity index is 355. The smallest absolute Gasteiger partial charge is 0.306 e. The minimum absolute atomic E-state index is 0.00667. The zero-order valence-corrected chi connectivity index (χ0v) is 11.9. The van der Waals surface area contributed by atoms with Crippen molar-refractivity contribution < 1.29 is 24.2 Å². The van der Waals surface area contributed by atoms with Gasteiger partial charge in [0.05, 0.1) is 18.9 Å². The Kier molecular flexibility index (Phi) is 7.04. The average Bonchev–Trinajstić information content (AvgIpc) is 2.43.